The molecule has 4 atom stereocenters. The molecule has 0 aromatic heterocycles. The van der Waals surface area contributed by atoms with E-state index in [9.17, 15) is 43.1 Å². The molecule has 3 N–H and O–H groups in total. The summed E-state index contributed by atoms with van der Waals surface area (Å²) in [7, 11) is 0.902. The molecule has 0 spiro atoms. The summed E-state index contributed by atoms with van der Waals surface area (Å²) in [5.74, 6) is -4.08. The van der Waals surface area contributed by atoms with E-state index in [1.54, 1.807) is 12.1 Å². The molecule has 0 amide bonds. The van der Waals surface area contributed by atoms with E-state index in [1.807, 2.05) is 23.1 Å². The van der Waals surface area contributed by atoms with Gasteiger partial charge in [-0.15, -0.1) is 0 Å². The number of ether oxygens (including phenoxy) is 2. The molecule has 1 saturated heterocycles. The Morgan fingerprint density at radius 2 is 1.90 bits per heavy atom. The molecule has 2 heterocycles. The molecular formula is C34H41F3N4O8. The van der Waals surface area contributed by atoms with Crippen molar-refractivity contribution in [1.82, 2.24) is 10.2 Å². The molecular weight excluding hydrogens is 649 g/mol. The van der Waals surface area contributed by atoms with Gasteiger partial charge in [0.05, 0.1) is 23.0 Å². The number of esters is 1. The van der Waals surface area contributed by atoms with Crippen molar-refractivity contribution in [3.63, 3.8) is 0 Å². The number of likely N-dealkylation sites (tertiary alicyclic amines) is 1. The normalized spacial score (nSPS) is 22.3. The number of aliphatic hydroxyl groups is 1. The fourth-order valence-electron chi connectivity index (χ4n) is 7.03. The Balaban J connectivity index is 1.66. The smallest absolute Gasteiger partial charge is 0.433 e. The van der Waals surface area contributed by atoms with Crippen molar-refractivity contribution in [2.24, 2.45) is 10.9 Å². The maximum atomic E-state index is 14.8. The van der Waals surface area contributed by atoms with Crippen LogP contribution in [0.2, 0.25) is 0 Å². The number of hydrogen-bond donors (Lipinski definition) is 3. The van der Waals surface area contributed by atoms with E-state index in [1.165, 1.54) is 19.1 Å². The number of nitro benzene ring substituents is 1. The predicted molar refractivity (Wildman–Crippen MR) is 173 cm³/mol. The van der Waals surface area contributed by atoms with Crippen LogP contribution in [0.1, 0.15) is 44.6 Å². The van der Waals surface area contributed by atoms with Crippen molar-refractivity contribution in [3.8, 4) is 5.75 Å². The first-order valence-electron chi connectivity index (χ1n) is 16.1. The number of rotatable bonds is 15. The van der Waals surface area contributed by atoms with Gasteiger partial charge in [0.25, 0.3) is 5.69 Å². The highest BCUT2D eigenvalue weighted by atomic mass is 19.4. The molecule has 4 rings (SSSR count). The number of para-hydroxylation sites is 1. The Hall–Kier alpha value is -4.34. The van der Waals surface area contributed by atoms with Gasteiger partial charge in [-0.3, -0.25) is 24.8 Å². The van der Waals surface area contributed by atoms with Crippen LogP contribution in [0.25, 0.3) is 0 Å². The lowest BCUT2D eigenvalue weighted by Crippen LogP contribution is -2.63. The van der Waals surface area contributed by atoms with Crippen LogP contribution in [-0.2, 0) is 19.7 Å². The number of nitro groups is 1. The lowest BCUT2D eigenvalue weighted by molar-refractivity contribution is -0.385. The number of piperidine rings is 1. The van der Waals surface area contributed by atoms with Crippen LogP contribution in [0.15, 0.2) is 70.9 Å². The second kappa shape index (κ2) is 16.4. The number of hydrogen-bond acceptors (Lipinski definition) is 10. The largest absolute Gasteiger partial charge is 0.491 e. The number of carboxylic acid groups (broad SMARTS) is 1. The predicted octanol–water partition coefficient (Wildman–Crippen LogP) is 4.66. The number of aliphatic carboxylic acids is 1. The van der Waals surface area contributed by atoms with E-state index in [-0.39, 0.29) is 30.8 Å². The average molecular weight is 691 g/mol. The molecule has 15 heteroatoms. The maximum Gasteiger partial charge on any atom is 0.433 e. The van der Waals surface area contributed by atoms with Crippen LogP contribution in [0.3, 0.4) is 0 Å². The van der Waals surface area contributed by atoms with Gasteiger partial charge in [0.1, 0.15) is 24.4 Å². The Kier molecular flexibility index (Phi) is 12.5. The van der Waals surface area contributed by atoms with Crippen LogP contribution in [0.4, 0.5) is 18.9 Å². The third-order valence-electron chi connectivity index (χ3n) is 9.01. The minimum Gasteiger partial charge on any atom is -0.491 e. The number of allylic oxidation sites excluding steroid dienone is 1. The molecule has 0 saturated carbocycles. The van der Waals surface area contributed by atoms with E-state index in [0.29, 0.717) is 51.1 Å². The lowest BCUT2D eigenvalue weighted by Gasteiger charge is -2.53. The summed E-state index contributed by atoms with van der Waals surface area (Å²) >= 11 is 0. The van der Waals surface area contributed by atoms with E-state index < -0.39 is 63.5 Å². The van der Waals surface area contributed by atoms with Crippen molar-refractivity contribution in [1.29, 1.82) is 0 Å². The number of nitrogens with zero attached hydrogens (tertiary/aromatic N) is 3. The van der Waals surface area contributed by atoms with Crippen molar-refractivity contribution >= 4 is 23.3 Å². The van der Waals surface area contributed by atoms with Gasteiger partial charge >= 0.3 is 18.1 Å². The highest BCUT2D eigenvalue weighted by Crippen LogP contribution is 2.54. The van der Waals surface area contributed by atoms with Gasteiger partial charge in [0.15, 0.2) is 5.70 Å². The summed E-state index contributed by atoms with van der Waals surface area (Å²) in [5, 5.41) is 36.0. The number of benzene rings is 2. The number of aliphatic hydroxyl groups excluding tert-OH is 1. The number of unbranched alkanes of at least 4 members (excludes halogenated alkanes) is 1. The summed E-state index contributed by atoms with van der Waals surface area (Å²) in [5.41, 5.74) is -5.77. The van der Waals surface area contributed by atoms with Crippen LogP contribution in [0, 0.1) is 16.0 Å². The Morgan fingerprint density at radius 1 is 1.16 bits per heavy atom. The zero-order valence-electron chi connectivity index (χ0n) is 27.3. The number of aliphatic imine (C=N–C) groups is 1. The molecule has 12 nitrogen and oxygen atoms in total. The molecule has 0 radical (unpaired) electrons. The van der Waals surface area contributed by atoms with Gasteiger partial charge in [-0.1, -0.05) is 36.8 Å². The fourth-order valence-corrected chi connectivity index (χ4v) is 7.03. The van der Waals surface area contributed by atoms with Gasteiger partial charge in [-0.05, 0) is 69.9 Å². The van der Waals surface area contributed by atoms with Gasteiger partial charge in [0.2, 0.25) is 0 Å². The third kappa shape index (κ3) is 8.46. The number of halogens is 3. The number of carboxylic acids is 1. The highest BCUT2D eigenvalue weighted by Gasteiger charge is 2.63. The number of carbonyl (C=O) groups excluding carboxylic acids is 1. The van der Waals surface area contributed by atoms with Crippen LogP contribution < -0.4 is 10.1 Å². The first-order valence-corrected chi connectivity index (χ1v) is 16.1. The quantitative estimate of drug-likeness (QED) is 0.104. The molecule has 4 unspecified atom stereocenters. The fraction of sp³-hybridized carbons (Fsp3) is 0.500. The number of alkyl halides is 3. The van der Waals surface area contributed by atoms with Crippen LogP contribution in [0.5, 0.6) is 5.75 Å². The highest BCUT2D eigenvalue weighted by molar-refractivity contribution is 6.08. The summed E-state index contributed by atoms with van der Waals surface area (Å²) in [6, 6.07) is 12.9. The number of methoxy groups -OCH3 is 1. The average Bonchev–Trinajstić information content (AvgIpc) is 3.08. The maximum absolute atomic E-state index is 14.8. The number of carbonyl (C=O) groups is 2. The van der Waals surface area contributed by atoms with Gasteiger partial charge in [0, 0.05) is 30.4 Å². The molecule has 266 valence electrons. The molecule has 0 bridgehead atoms. The van der Waals surface area contributed by atoms with Crippen molar-refractivity contribution < 1.29 is 47.4 Å². The monoisotopic (exact) mass is 690 g/mol. The standard InChI is InChI=1S/C34H41F3N4O8/c1-22-28(31(43)44)33(23-11-10-12-24(19-23)41(46)47,29(32(45)48-2)30(39-22)34(35,36)37)27-15-6-8-17-40(27)18-9-7-16-38-20-25(42)21-49-26-13-4-3-5-14-26/h3-5,10-14,19,25,27-28,38,42H,6-9,15-18,20-21H2,1-2H3,(H,43,44). The molecule has 2 aliphatic rings. The molecule has 1 fully saturated rings. The van der Waals surface area contributed by atoms with Crippen molar-refractivity contribution in [2.75, 3.05) is 39.9 Å². The first-order chi connectivity index (χ1) is 23.3. The second-order valence-electron chi connectivity index (χ2n) is 12.2. The Bertz CT molecular complexity index is 1550. The molecule has 2 aromatic carbocycles. The topological polar surface area (TPSA) is 164 Å². The summed E-state index contributed by atoms with van der Waals surface area (Å²) in [4.78, 5) is 43.3. The second-order valence-corrected chi connectivity index (χ2v) is 12.2. The Labute approximate surface area is 281 Å². The molecule has 2 aliphatic heterocycles. The Morgan fingerprint density at radius 3 is 2.55 bits per heavy atom. The summed E-state index contributed by atoms with van der Waals surface area (Å²) in [6.07, 6.45) is -3.41. The van der Waals surface area contributed by atoms with Gasteiger partial charge in [-0.25, -0.2) is 4.79 Å². The summed E-state index contributed by atoms with van der Waals surface area (Å²) in [6.45, 7) is 2.76. The minimum atomic E-state index is -5.18. The summed E-state index contributed by atoms with van der Waals surface area (Å²) < 4.78 is 54.7. The van der Waals surface area contributed by atoms with E-state index in [4.69, 9.17) is 9.47 Å². The zero-order valence-corrected chi connectivity index (χ0v) is 27.3. The van der Waals surface area contributed by atoms with Gasteiger partial charge in [-0.2, -0.15) is 13.2 Å². The van der Waals surface area contributed by atoms with E-state index >= 15 is 0 Å². The van der Waals surface area contributed by atoms with Gasteiger partial charge < -0.3 is 25.0 Å². The third-order valence-corrected chi connectivity index (χ3v) is 9.01. The minimum absolute atomic E-state index is 0.0929. The van der Waals surface area contributed by atoms with Crippen molar-refractivity contribution in [3.05, 3.63) is 81.5 Å². The first kappa shape index (κ1) is 37.5. The zero-order chi connectivity index (χ0) is 35.8. The molecule has 0 aliphatic carbocycles. The van der Waals surface area contributed by atoms with Crippen molar-refractivity contribution in [2.45, 2.75) is 62.8 Å². The number of nitrogens with one attached hydrogen (secondary N) is 1. The van der Waals surface area contributed by atoms with Crippen LogP contribution >= 0.6 is 0 Å². The number of non-ortho nitro benzene ring substituents is 1. The molecule has 49 heavy (non-hydrogen) atoms. The lowest BCUT2D eigenvalue weighted by atomic mass is 9.56. The SMILES string of the molecule is COC(=O)C1=C(C(F)(F)F)N=C(C)C(C(=O)O)C1(c1cccc([N+](=O)[O-])c1)C1CCCCN1CCCCNCC(O)COc1ccccc1. The van der Waals surface area contributed by atoms with E-state index in [0.717, 1.165) is 19.2 Å². The van der Waals surface area contributed by atoms with E-state index in [2.05, 4.69) is 10.3 Å². The van der Waals surface area contributed by atoms with Crippen LogP contribution in [-0.4, -0.2) is 95.9 Å². The molecule has 2 aromatic rings.